The predicted molar refractivity (Wildman–Crippen MR) is 111 cm³/mol. The van der Waals surface area contributed by atoms with Crippen molar-refractivity contribution in [3.63, 3.8) is 0 Å². The number of halogens is 3. The number of benzene rings is 1. The van der Waals surface area contributed by atoms with Gasteiger partial charge in [-0.1, -0.05) is 6.07 Å². The quantitative estimate of drug-likeness (QED) is 0.494. The molecule has 0 saturated carbocycles. The van der Waals surface area contributed by atoms with Crippen LogP contribution in [0.4, 0.5) is 13.2 Å². The van der Waals surface area contributed by atoms with E-state index in [0.717, 1.165) is 36.9 Å². The molecule has 3 rings (SSSR count). The Morgan fingerprint density at radius 2 is 1.93 bits per heavy atom. The summed E-state index contributed by atoms with van der Waals surface area (Å²) in [6.07, 6.45) is -3.49. The zero-order chi connectivity index (χ0) is 21.7. The van der Waals surface area contributed by atoms with Crippen molar-refractivity contribution in [2.45, 2.75) is 19.0 Å². The molecule has 0 radical (unpaired) electrons. The van der Waals surface area contributed by atoms with Crippen molar-refractivity contribution >= 4 is 28.9 Å². The summed E-state index contributed by atoms with van der Waals surface area (Å²) in [4.78, 5) is 21.3. The summed E-state index contributed by atoms with van der Waals surface area (Å²) in [5.74, 6) is 0.481. The fourth-order valence-corrected chi connectivity index (χ4v) is 4.00. The van der Waals surface area contributed by atoms with Crippen LogP contribution in [0, 0.1) is 0 Å². The van der Waals surface area contributed by atoms with E-state index in [2.05, 4.69) is 21.8 Å². The topological polar surface area (TPSA) is 54.4 Å². The fraction of sp³-hybridized carbons (Fsp3) is 0.500. The molecule has 0 unspecified atom stereocenters. The Bertz CT molecular complexity index is 834. The van der Waals surface area contributed by atoms with Gasteiger partial charge in [0.2, 0.25) is 0 Å². The lowest BCUT2D eigenvalue weighted by molar-refractivity contribution is -0.136. The first-order valence-corrected chi connectivity index (χ1v) is 10.4. The number of ether oxygens (including phenoxy) is 2. The number of carbonyl (C=O) groups is 1. The second-order valence-corrected chi connectivity index (χ2v) is 8.09. The number of amides is 1. The maximum atomic E-state index is 12.3. The molecule has 1 aromatic rings. The molecule has 0 aliphatic carbocycles. The van der Waals surface area contributed by atoms with Crippen LogP contribution in [-0.4, -0.2) is 74.0 Å². The first-order chi connectivity index (χ1) is 14.2. The molecule has 1 aromatic carbocycles. The van der Waals surface area contributed by atoms with Crippen molar-refractivity contribution in [1.82, 2.24) is 9.80 Å². The van der Waals surface area contributed by atoms with E-state index in [0.29, 0.717) is 16.4 Å². The van der Waals surface area contributed by atoms with Gasteiger partial charge in [0.15, 0.2) is 16.7 Å². The van der Waals surface area contributed by atoms with Crippen molar-refractivity contribution in [3.8, 4) is 11.5 Å². The third kappa shape index (κ3) is 6.15. The summed E-state index contributed by atoms with van der Waals surface area (Å²) in [5.41, 5.74) is 0.722. The smallest absolute Gasteiger partial charge is 0.389 e. The van der Waals surface area contributed by atoms with Crippen LogP contribution >= 0.6 is 11.8 Å². The zero-order valence-corrected chi connectivity index (χ0v) is 17.7. The second-order valence-electron chi connectivity index (χ2n) is 7.08. The van der Waals surface area contributed by atoms with E-state index >= 15 is 0 Å². The van der Waals surface area contributed by atoms with Crippen molar-refractivity contribution in [2.75, 3.05) is 46.9 Å². The summed E-state index contributed by atoms with van der Waals surface area (Å²) in [6, 6.07) is 5.05. The van der Waals surface area contributed by atoms with Gasteiger partial charge in [-0.15, -0.1) is 0 Å². The predicted octanol–water partition coefficient (Wildman–Crippen LogP) is 3.63. The van der Waals surface area contributed by atoms with E-state index in [1.165, 1.54) is 18.9 Å². The van der Waals surface area contributed by atoms with Gasteiger partial charge < -0.3 is 19.3 Å². The molecule has 0 atom stereocenters. The van der Waals surface area contributed by atoms with Crippen molar-refractivity contribution < 1.29 is 27.4 Å². The molecule has 2 heterocycles. The van der Waals surface area contributed by atoms with Crippen LogP contribution in [0.5, 0.6) is 11.5 Å². The first-order valence-electron chi connectivity index (χ1n) is 9.59. The molecule has 0 N–H and O–H groups in total. The maximum Gasteiger partial charge on any atom is 0.389 e. The van der Waals surface area contributed by atoms with Crippen LogP contribution in [0.1, 0.15) is 18.4 Å². The lowest BCUT2D eigenvalue weighted by Gasteiger charge is -2.32. The Hall–Kier alpha value is -2.20. The monoisotopic (exact) mass is 443 g/mol. The number of alkyl halides is 3. The van der Waals surface area contributed by atoms with Gasteiger partial charge in [0.05, 0.1) is 18.6 Å². The van der Waals surface area contributed by atoms with E-state index in [1.54, 1.807) is 24.3 Å². The van der Waals surface area contributed by atoms with Crippen LogP contribution in [0.2, 0.25) is 0 Å². The summed E-state index contributed by atoms with van der Waals surface area (Å²) in [7, 11) is 3.52. The van der Waals surface area contributed by atoms with Crippen LogP contribution < -0.4 is 9.47 Å². The highest BCUT2D eigenvalue weighted by Gasteiger charge is 2.28. The van der Waals surface area contributed by atoms with E-state index in [1.807, 2.05) is 0 Å². The van der Waals surface area contributed by atoms with Gasteiger partial charge in [-0.05, 0) is 49.0 Å². The molecule has 0 spiro atoms. The highest BCUT2D eigenvalue weighted by atomic mass is 32.2. The average molecular weight is 443 g/mol. The van der Waals surface area contributed by atoms with Gasteiger partial charge in [-0.2, -0.15) is 18.2 Å². The van der Waals surface area contributed by atoms with E-state index in [-0.39, 0.29) is 18.9 Å². The minimum atomic E-state index is -4.19. The van der Waals surface area contributed by atoms with Crippen molar-refractivity contribution in [3.05, 3.63) is 28.7 Å². The van der Waals surface area contributed by atoms with E-state index in [4.69, 9.17) is 9.47 Å². The largest absolute Gasteiger partial charge is 0.493 e. The number of piperazine rings is 1. The Morgan fingerprint density at radius 3 is 2.60 bits per heavy atom. The van der Waals surface area contributed by atoms with Crippen LogP contribution in [0.25, 0.3) is 6.08 Å². The number of thioether (sulfide) groups is 1. The molecule has 6 nitrogen and oxygen atoms in total. The van der Waals surface area contributed by atoms with Gasteiger partial charge in [0, 0.05) is 32.6 Å². The van der Waals surface area contributed by atoms with Crippen molar-refractivity contribution in [2.24, 2.45) is 4.99 Å². The molecule has 1 fully saturated rings. The van der Waals surface area contributed by atoms with Crippen LogP contribution in [0.15, 0.2) is 28.1 Å². The van der Waals surface area contributed by atoms with Gasteiger partial charge in [0.25, 0.3) is 5.91 Å². The Labute approximate surface area is 177 Å². The standard InChI is InChI=1S/C20H24F3N3O3S/c1-25-7-9-26(10-8-25)19-24-18(27)17(30-19)13-14-4-5-15(16(12-14)28-2)29-11-3-6-20(21,22)23/h4-5,12-13H,3,6-11H2,1-2H3/b17-13+. The normalized spacial score (nSPS) is 19.4. The minimum Gasteiger partial charge on any atom is -0.493 e. The van der Waals surface area contributed by atoms with Gasteiger partial charge in [0.1, 0.15) is 0 Å². The molecule has 1 amide bonds. The van der Waals surface area contributed by atoms with E-state index in [9.17, 15) is 18.0 Å². The van der Waals surface area contributed by atoms with Gasteiger partial charge >= 0.3 is 6.18 Å². The molecule has 2 aliphatic rings. The summed E-state index contributed by atoms with van der Waals surface area (Å²) in [5, 5.41) is 0.718. The number of carbonyl (C=O) groups excluding carboxylic acids is 1. The SMILES string of the molecule is COc1cc(/C=C2/SC(N3CCN(C)CC3)=NC2=O)ccc1OCCCC(F)(F)F. The summed E-state index contributed by atoms with van der Waals surface area (Å²) < 4.78 is 47.4. The second kappa shape index (κ2) is 9.74. The molecule has 0 bridgehead atoms. The molecule has 164 valence electrons. The molecule has 0 aromatic heterocycles. The maximum absolute atomic E-state index is 12.3. The number of aliphatic imine (C=N–C) groups is 1. The molecule has 10 heteroatoms. The lowest BCUT2D eigenvalue weighted by atomic mass is 10.2. The summed E-state index contributed by atoms with van der Waals surface area (Å²) >= 11 is 1.35. The number of hydrogen-bond acceptors (Lipinski definition) is 6. The molecular formula is C20H24F3N3O3S. The highest BCUT2D eigenvalue weighted by molar-refractivity contribution is 8.18. The highest BCUT2D eigenvalue weighted by Crippen LogP contribution is 2.34. The summed E-state index contributed by atoms with van der Waals surface area (Å²) in [6.45, 7) is 3.45. The molecular weight excluding hydrogens is 419 g/mol. The third-order valence-corrected chi connectivity index (χ3v) is 5.78. The Morgan fingerprint density at radius 1 is 1.20 bits per heavy atom. The molecule has 30 heavy (non-hydrogen) atoms. The molecule has 1 saturated heterocycles. The minimum absolute atomic E-state index is 0.0626. The van der Waals surface area contributed by atoms with Crippen LogP contribution in [-0.2, 0) is 4.79 Å². The van der Waals surface area contributed by atoms with Gasteiger partial charge in [-0.25, -0.2) is 0 Å². The van der Waals surface area contributed by atoms with Gasteiger partial charge in [-0.3, -0.25) is 4.79 Å². The third-order valence-electron chi connectivity index (χ3n) is 4.73. The number of methoxy groups -OCH3 is 1. The van der Waals surface area contributed by atoms with Crippen LogP contribution in [0.3, 0.4) is 0 Å². The fourth-order valence-electron chi connectivity index (χ4n) is 3.03. The molecule has 2 aliphatic heterocycles. The lowest BCUT2D eigenvalue weighted by Crippen LogP contribution is -2.46. The number of nitrogens with zero attached hydrogens (tertiary/aromatic N) is 3. The van der Waals surface area contributed by atoms with E-state index < -0.39 is 12.6 Å². The Kier molecular flexibility index (Phi) is 7.30. The van der Waals surface area contributed by atoms with Crippen molar-refractivity contribution in [1.29, 1.82) is 0 Å². The average Bonchev–Trinajstić information content (AvgIpc) is 3.06. The number of hydrogen-bond donors (Lipinski definition) is 0. The number of likely N-dealkylation sites (N-methyl/N-ethyl adjacent to an activating group) is 1. The first kappa shape index (κ1) is 22.5. The Balaban J connectivity index is 1.62. The number of amidine groups is 1. The number of rotatable bonds is 6. The zero-order valence-electron chi connectivity index (χ0n) is 16.9.